The Morgan fingerprint density at radius 2 is 1.94 bits per heavy atom. The minimum Gasteiger partial charge on any atom is -0.378 e. The van der Waals surface area contributed by atoms with Gasteiger partial charge in [0.05, 0.1) is 6.10 Å². The normalized spacial score (nSPS) is 33.4. The largest absolute Gasteiger partial charge is 0.378 e. The van der Waals surface area contributed by atoms with Gasteiger partial charge in [0.15, 0.2) is 0 Å². The highest BCUT2D eigenvalue weighted by Crippen LogP contribution is 2.36. The van der Waals surface area contributed by atoms with E-state index >= 15 is 0 Å². The molecule has 3 unspecified atom stereocenters. The van der Waals surface area contributed by atoms with Crippen molar-refractivity contribution in [1.82, 2.24) is 5.32 Å². The van der Waals surface area contributed by atoms with E-state index in [9.17, 15) is 0 Å². The molecule has 0 radical (unpaired) electrons. The molecule has 0 aromatic carbocycles. The van der Waals surface area contributed by atoms with Gasteiger partial charge in [0, 0.05) is 18.6 Å². The molecular formula is C14H27NO. The van der Waals surface area contributed by atoms with Crippen LogP contribution in [-0.4, -0.2) is 25.3 Å². The summed E-state index contributed by atoms with van der Waals surface area (Å²) in [5, 5.41) is 3.75. The van der Waals surface area contributed by atoms with Crippen molar-refractivity contribution in [1.29, 1.82) is 0 Å². The molecule has 1 saturated carbocycles. The monoisotopic (exact) mass is 225 g/mol. The van der Waals surface area contributed by atoms with Gasteiger partial charge in [0.1, 0.15) is 0 Å². The molecule has 0 aromatic heterocycles. The quantitative estimate of drug-likeness (QED) is 0.776. The first-order valence-electron chi connectivity index (χ1n) is 7.21. The molecule has 1 aliphatic carbocycles. The predicted octanol–water partition coefficient (Wildman–Crippen LogP) is 2.97. The summed E-state index contributed by atoms with van der Waals surface area (Å²) in [4.78, 5) is 0. The molecule has 2 heteroatoms. The summed E-state index contributed by atoms with van der Waals surface area (Å²) in [5.74, 6) is 1.69. The number of ether oxygens (including phenoxy) is 1. The number of hydrogen-bond donors (Lipinski definition) is 1. The second kappa shape index (κ2) is 6.02. The first-order chi connectivity index (χ1) is 7.86. The average Bonchev–Trinajstić information content (AvgIpc) is 2.96. The van der Waals surface area contributed by atoms with Crippen LogP contribution in [0.1, 0.15) is 52.4 Å². The van der Waals surface area contributed by atoms with Gasteiger partial charge in [-0.15, -0.1) is 0 Å². The van der Waals surface area contributed by atoms with Gasteiger partial charge < -0.3 is 10.1 Å². The maximum atomic E-state index is 5.86. The molecule has 1 heterocycles. The second-order valence-corrected chi connectivity index (χ2v) is 5.40. The molecule has 1 aliphatic heterocycles. The smallest absolute Gasteiger partial charge is 0.0616 e. The fourth-order valence-corrected chi connectivity index (χ4v) is 3.72. The molecule has 2 aliphatic rings. The zero-order valence-corrected chi connectivity index (χ0v) is 10.9. The van der Waals surface area contributed by atoms with Crippen LogP contribution in [0.15, 0.2) is 0 Å². The van der Waals surface area contributed by atoms with Gasteiger partial charge in [0.2, 0.25) is 0 Å². The van der Waals surface area contributed by atoms with Crippen LogP contribution in [0.4, 0.5) is 0 Å². The molecule has 2 nitrogen and oxygen atoms in total. The molecule has 2 rings (SSSR count). The van der Waals surface area contributed by atoms with Crippen LogP contribution in [0.3, 0.4) is 0 Å². The SMILES string of the molecule is CCNC(C1CCCC1)C1CCOC1CC. The third-order valence-electron chi connectivity index (χ3n) is 4.47. The third-order valence-corrected chi connectivity index (χ3v) is 4.47. The third kappa shape index (κ3) is 2.60. The molecular weight excluding hydrogens is 198 g/mol. The van der Waals surface area contributed by atoms with E-state index in [0.717, 1.165) is 31.0 Å². The van der Waals surface area contributed by atoms with Gasteiger partial charge in [0.25, 0.3) is 0 Å². The fraction of sp³-hybridized carbons (Fsp3) is 1.00. The first kappa shape index (κ1) is 12.4. The highest BCUT2D eigenvalue weighted by Gasteiger charge is 2.37. The molecule has 0 bridgehead atoms. The minimum atomic E-state index is 0.518. The van der Waals surface area contributed by atoms with E-state index in [0.29, 0.717) is 6.10 Å². The Balaban J connectivity index is 1.99. The van der Waals surface area contributed by atoms with Crippen LogP contribution in [-0.2, 0) is 4.74 Å². The molecule has 0 aromatic rings. The lowest BCUT2D eigenvalue weighted by Crippen LogP contribution is -2.44. The van der Waals surface area contributed by atoms with E-state index < -0.39 is 0 Å². The molecule has 16 heavy (non-hydrogen) atoms. The highest BCUT2D eigenvalue weighted by atomic mass is 16.5. The number of nitrogens with one attached hydrogen (secondary N) is 1. The average molecular weight is 225 g/mol. The summed E-state index contributed by atoms with van der Waals surface area (Å²) in [6.45, 7) is 6.59. The van der Waals surface area contributed by atoms with Crippen LogP contribution in [0, 0.1) is 11.8 Å². The molecule has 0 spiro atoms. The Labute approximate surface area is 100 Å². The number of rotatable bonds is 5. The molecule has 1 saturated heterocycles. The van der Waals surface area contributed by atoms with Crippen LogP contribution in [0.25, 0.3) is 0 Å². The lowest BCUT2D eigenvalue weighted by atomic mass is 9.82. The summed E-state index contributed by atoms with van der Waals surface area (Å²) < 4.78 is 5.86. The molecule has 0 amide bonds. The minimum absolute atomic E-state index is 0.518. The first-order valence-corrected chi connectivity index (χ1v) is 7.21. The van der Waals surface area contributed by atoms with Crippen molar-refractivity contribution < 1.29 is 4.74 Å². The van der Waals surface area contributed by atoms with E-state index in [1.54, 1.807) is 0 Å². The van der Waals surface area contributed by atoms with Gasteiger partial charge in [-0.2, -0.15) is 0 Å². The van der Waals surface area contributed by atoms with E-state index in [2.05, 4.69) is 19.2 Å². The second-order valence-electron chi connectivity index (χ2n) is 5.40. The molecule has 1 N–H and O–H groups in total. The van der Waals surface area contributed by atoms with Crippen molar-refractivity contribution in [2.75, 3.05) is 13.2 Å². The van der Waals surface area contributed by atoms with Gasteiger partial charge in [-0.3, -0.25) is 0 Å². The Morgan fingerprint density at radius 1 is 1.19 bits per heavy atom. The van der Waals surface area contributed by atoms with Crippen molar-refractivity contribution in [2.45, 2.75) is 64.5 Å². The lowest BCUT2D eigenvalue weighted by molar-refractivity contribution is 0.0697. The Kier molecular flexibility index (Phi) is 4.66. The zero-order chi connectivity index (χ0) is 11.4. The Bertz CT molecular complexity index is 201. The summed E-state index contributed by atoms with van der Waals surface area (Å²) in [7, 11) is 0. The molecule has 2 fully saturated rings. The summed E-state index contributed by atoms with van der Waals surface area (Å²) in [6.07, 6.45) is 8.72. The topological polar surface area (TPSA) is 21.3 Å². The lowest BCUT2D eigenvalue weighted by Gasteiger charge is -2.32. The summed E-state index contributed by atoms with van der Waals surface area (Å²) >= 11 is 0. The fourth-order valence-electron chi connectivity index (χ4n) is 3.72. The van der Waals surface area contributed by atoms with E-state index in [-0.39, 0.29) is 0 Å². The van der Waals surface area contributed by atoms with Crippen LogP contribution < -0.4 is 5.32 Å². The van der Waals surface area contributed by atoms with E-state index in [1.165, 1.54) is 38.5 Å². The van der Waals surface area contributed by atoms with Crippen molar-refractivity contribution in [3.63, 3.8) is 0 Å². The van der Waals surface area contributed by atoms with Crippen molar-refractivity contribution in [3.05, 3.63) is 0 Å². The van der Waals surface area contributed by atoms with Crippen LogP contribution in [0.2, 0.25) is 0 Å². The van der Waals surface area contributed by atoms with Crippen molar-refractivity contribution in [3.8, 4) is 0 Å². The summed E-state index contributed by atoms with van der Waals surface area (Å²) in [5.41, 5.74) is 0. The van der Waals surface area contributed by atoms with Gasteiger partial charge in [-0.05, 0) is 38.1 Å². The number of hydrogen-bond acceptors (Lipinski definition) is 2. The Hall–Kier alpha value is -0.0800. The summed E-state index contributed by atoms with van der Waals surface area (Å²) in [6, 6.07) is 0.722. The molecule has 94 valence electrons. The maximum Gasteiger partial charge on any atom is 0.0616 e. The highest BCUT2D eigenvalue weighted by molar-refractivity contribution is 4.91. The van der Waals surface area contributed by atoms with Crippen LogP contribution in [0.5, 0.6) is 0 Å². The van der Waals surface area contributed by atoms with E-state index in [4.69, 9.17) is 4.74 Å². The van der Waals surface area contributed by atoms with Crippen LogP contribution >= 0.6 is 0 Å². The zero-order valence-electron chi connectivity index (χ0n) is 10.9. The molecule has 3 atom stereocenters. The van der Waals surface area contributed by atoms with Gasteiger partial charge in [-0.25, -0.2) is 0 Å². The standard InChI is InChI=1S/C14H27NO/c1-3-13-12(9-10-16-13)14(15-4-2)11-7-5-6-8-11/h11-15H,3-10H2,1-2H3. The van der Waals surface area contributed by atoms with Gasteiger partial charge >= 0.3 is 0 Å². The van der Waals surface area contributed by atoms with Crippen molar-refractivity contribution in [2.24, 2.45) is 11.8 Å². The van der Waals surface area contributed by atoms with Gasteiger partial charge in [-0.1, -0.05) is 26.7 Å². The van der Waals surface area contributed by atoms with E-state index in [1.807, 2.05) is 0 Å². The Morgan fingerprint density at radius 3 is 2.56 bits per heavy atom. The maximum absolute atomic E-state index is 5.86. The predicted molar refractivity (Wildman–Crippen MR) is 67.6 cm³/mol. The van der Waals surface area contributed by atoms with Crippen molar-refractivity contribution >= 4 is 0 Å².